The SMILES string of the molecule is COc1ccc2[nH]c(C(=O)c3ccc4[nH]nc(CN5CCOCC5)c4c3)cc2c1. The van der Waals surface area contributed by atoms with Crippen molar-refractivity contribution < 1.29 is 14.3 Å². The van der Waals surface area contributed by atoms with E-state index >= 15 is 0 Å². The zero-order valence-corrected chi connectivity index (χ0v) is 16.2. The molecule has 0 radical (unpaired) electrons. The molecule has 7 heteroatoms. The highest BCUT2D eigenvalue weighted by molar-refractivity contribution is 6.11. The van der Waals surface area contributed by atoms with Crippen molar-refractivity contribution in [2.75, 3.05) is 33.4 Å². The molecule has 1 aliphatic rings. The number of fused-ring (bicyclic) bond motifs is 2. The molecular formula is C22H22N4O3. The number of H-pyrrole nitrogens is 2. The van der Waals surface area contributed by atoms with Crippen LogP contribution in [0.25, 0.3) is 21.8 Å². The number of carbonyl (C=O) groups excluding carboxylic acids is 1. The van der Waals surface area contributed by atoms with E-state index in [9.17, 15) is 4.79 Å². The molecule has 1 fully saturated rings. The number of ether oxygens (including phenoxy) is 2. The minimum atomic E-state index is -0.0411. The average molecular weight is 390 g/mol. The van der Waals surface area contributed by atoms with Crippen molar-refractivity contribution in [3.8, 4) is 5.75 Å². The van der Waals surface area contributed by atoms with Crippen molar-refractivity contribution in [1.82, 2.24) is 20.1 Å². The third-order valence-electron chi connectivity index (χ3n) is 5.45. The molecule has 148 valence electrons. The minimum Gasteiger partial charge on any atom is -0.497 e. The lowest BCUT2D eigenvalue weighted by Gasteiger charge is -2.25. The van der Waals surface area contributed by atoms with E-state index in [1.165, 1.54) is 0 Å². The lowest BCUT2D eigenvalue weighted by Crippen LogP contribution is -2.35. The van der Waals surface area contributed by atoms with Crippen LogP contribution >= 0.6 is 0 Å². The molecule has 0 unspecified atom stereocenters. The highest BCUT2D eigenvalue weighted by Crippen LogP contribution is 2.25. The van der Waals surface area contributed by atoms with E-state index in [2.05, 4.69) is 20.1 Å². The van der Waals surface area contributed by atoms with Gasteiger partial charge in [0.2, 0.25) is 5.78 Å². The van der Waals surface area contributed by atoms with Crippen LogP contribution in [0.2, 0.25) is 0 Å². The van der Waals surface area contributed by atoms with E-state index < -0.39 is 0 Å². The first-order valence-corrected chi connectivity index (χ1v) is 9.70. The van der Waals surface area contributed by atoms with Gasteiger partial charge < -0.3 is 14.5 Å². The normalized spacial score (nSPS) is 15.2. The van der Waals surface area contributed by atoms with E-state index in [0.29, 0.717) is 11.3 Å². The van der Waals surface area contributed by atoms with Gasteiger partial charge >= 0.3 is 0 Å². The van der Waals surface area contributed by atoms with Crippen molar-refractivity contribution in [2.24, 2.45) is 0 Å². The summed E-state index contributed by atoms with van der Waals surface area (Å²) in [6.07, 6.45) is 0. The van der Waals surface area contributed by atoms with Gasteiger partial charge in [-0.3, -0.25) is 14.8 Å². The quantitative estimate of drug-likeness (QED) is 0.512. The Kier molecular flexibility index (Phi) is 4.54. The first-order chi connectivity index (χ1) is 14.2. The van der Waals surface area contributed by atoms with Crippen molar-refractivity contribution >= 4 is 27.6 Å². The van der Waals surface area contributed by atoms with Gasteiger partial charge in [0.1, 0.15) is 5.75 Å². The standard InChI is InChI=1S/C22H22N4O3/c1-28-16-3-5-18-15(10-16)12-20(23-18)22(27)14-2-4-19-17(11-14)21(25-24-19)13-26-6-8-29-9-7-26/h2-5,10-12,23H,6-9,13H2,1H3,(H,24,25). The van der Waals surface area contributed by atoms with Crippen LogP contribution < -0.4 is 4.74 Å². The first-order valence-electron chi connectivity index (χ1n) is 9.70. The topological polar surface area (TPSA) is 83.2 Å². The Morgan fingerprint density at radius 1 is 1.14 bits per heavy atom. The van der Waals surface area contributed by atoms with Gasteiger partial charge in [-0.25, -0.2) is 0 Å². The molecule has 29 heavy (non-hydrogen) atoms. The molecule has 2 aromatic carbocycles. The molecule has 4 aromatic rings. The molecule has 1 saturated heterocycles. The van der Waals surface area contributed by atoms with Gasteiger partial charge in [-0.1, -0.05) is 0 Å². The highest BCUT2D eigenvalue weighted by atomic mass is 16.5. The summed E-state index contributed by atoms with van der Waals surface area (Å²) < 4.78 is 10.7. The summed E-state index contributed by atoms with van der Waals surface area (Å²) in [6.45, 7) is 4.03. The Hall–Kier alpha value is -3.16. The number of nitrogens with zero attached hydrogens (tertiary/aromatic N) is 2. The van der Waals surface area contributed by atoms with E-state index in [-0.39, 0.29) is 5.78 Å². The van der Waals surface area contributed by atoms with Gasteiger partial charge in [0, 0.05) is 41.5 Å². The summed E-state index contributed by atoms with van der Waals surface area (Å²) in [5.74, 6) is 0.726. The molecule has 0 saturated carbocycles. The number of rotatable bonds is 5. The van der Waals surface area contributed by atoms with Crippen LogP contribution in [0.5, 0.6) is 5.75 Å². The fraction of sp³-hybridized carbons (Fsp3) is 0.273. The molecule has 0 aliphatic carbocycles. The van der Waals surface area contributed by atoms with Gasteiger partial charge in [-0.2, -0.15) is 5.10 Å². The predicted molar refractivity (Wildman–Crippen MR) is 110 cm³/mol. The van der Waals surface area contributed by atoms with Crippen molar-refractivity contribution in [3.05, 3.63) is 59.4 Å². The Morgan fingerprint density at radius 3 is 2.79 bits per heavy atom. The second-order valence-electron chi connectivity index (χ2n) is 7.28. The predicted octanol–water partition coefficient (Wildman–Crippen LogP) is 3.12. The molecule has 0 atom stereocenters. The molecule has 0 spiro atoms. The van der Waals surface area contributed by atoms with Gasteiger partial charge in [0.05, 0.1) is 37.2 Å². The lowest BCUT2D eigenvalue weighted by molar-refractivity contribution is 0.0338. The molecule has 0 amide bonds. The van der Waals surface area contributed by atoms with Crippen LogP contribution in [0.1, 0.15) is 21.7 Å². The van der Waals surface area contributed by atoms with Crippen LogP contribution in [0.4, 0.5) is 0 Å². The number of hydrogen-bond donors (Lipinski definition) is 2. The largest absolute Gasteiger partial charge is 0.497 e. The average Bonchev–Trinajstić information content (AvgIpc) is 3.37. The van der Waals surface area contributed by atoms with Crippen LogP contribution in [-0.4, -0.2) is 59.3 Å². The second-order valence-corrected chi connectivity index (χ2v) is 7.28. The van der Waals surface area contributed by atoms with Crippen LogP contribution in [0.15, 0.2) is 42.5 Å². The van der Waals surface area contributed by atoms with Gasteiger partial charge in [-0.05, 0) is 42.5 Å². The van der Waals surface area contributed by atoms with Gasteiger partial charge in [0.25, 0.3) is 0 Å². The molecule has 3 heterocycles. The van der Waals surface area contributed by atoms with E-state index in [1.54, 1.807) is 7.11 Å². The number of ketones is 1. The number of benzene rings is 2. The first kappa shape index (κ1) is 17.9. The summed E-state index contributed by atoms with van der Waals surface area (Å²) in [7, 11) is 1.63. The number of aromatic nitrogens is 3. The summed E-state index contributed by atoms with van der Waals surface area (Å²) in [5, 5.41) is 9.49. The van der Waals surface area contributed by atoms with E-state index in [0.717, 1.165) is 66.1 Å². The number of aromatic amines is 2. The summed E-state index contributed by atoms with van der Waals surface area (Å²) >= 11 is 0. The zero-order valence-electron chi connectivity index (χ0n) is 16.2. The van der Waals surface area contributed by atoms with Gasteiger partial charge in [0.15, 0.2) is 0 Å². The maximum Gasteiger partial charge on any atom is 0.209 e. The third kappa shape index (κ3) is 3.39. The van der Waals surface area contributed by atoms with Crippen molar-refractivity contribution in [3.63, 3.8) is 0 Å². The molecule has 2 N–H and O–H groups in total. The summed E-state index contributed by atoms with van der Waals surface area (Å²) in [4.78, 5) is 18.7. The number of morpholine rings is 1. The van der Waals surface area contributed by atoms with E-state index in [1.807, 2.05) is 42.5 Å². The number of methoxy groups -OCH3 is 1. The molecule has 2 aromatic heterocycles. The Bertz CT molecular complexity index is 1190. The maximum atomic E-state index is 13.1. The number of carbonyl (C=O) groups is 1. The van der Waals surface area contributed by atoms with Crippen molar-refractivity contribution in [1.29, 1.82) is 0 Å². The fourth-order valence-corrected chi connectivity index (χ4v) is 3.82. The molecule has 7 nitrogen and oxygen atoms in total. The molecule has 0 bridgehead atoms. The third-order valence-corrected chi connectivity index (χ3v) is 5.45. The molecular weight excluding hydrogens is 368 g/mol. The Labute approximate surface area is 167 Å². The Morgan fingerprint density at radius 2 is 1.97 bits per heavy atom. The van der Waals surface area contributed by atoms with Crippen LogP contribution in [-0.2, 0) is 11.3 Å². The number of hydrogen-bond acceptors (Lipinski definition) is 5. The van der Waals surface area contributed by atoms with Crippen LogP contribution in [0.3, 0.4) is 0 Å². The smallest absolute Gasteiger partial charge is 0.209 e. The lowest BCUT2D eigenvalue weighted by atomic mass is 10.0. The summed E-state index contributed by atoms with van der Waals surface area (Å²) in [6, 6.07) is 13.3. The highest BCUT2D eigenvalue weighted by Gasteiger charge is 2.17. The number of nitrogens with one attached hydrogen (secondary N) is 2. The maximum absolute atomic E-state index is 13.1. The monoisotopic (exact) mass is 390 g/mol. The zero-order chi connectivity index (χ0) is 19.8. The Balaban J connectivity index is 1.46. The minimum absolute atomic E-state index is 0.0411. The fourth-order valence-electron chi connectivity index (χ4n) is 3.82. The van der Waals surface area contributed by atoms with Crippen molar-refractivity contribution in [2.45, 2.75) is 6.54 Å². The van der Waals surface area contributed by atoms with Gasteiger partial charge in [-0.15, -0.1) is 0 Å². The summed E-state index contributed by atoms with van der Waals surface area (Å²) in [5.41, 5.74) is 4.00. The molecule has 1 aliphatic heterocycles. The van der Waals surface area contributed by atoms with Crippen LogP contribution in [0, 0.1) is 0 Å². The van der Waals surface area contributed by atoms with E-state index in [4.69, 9.17) is 9.47 Å². The molecule has 5 rings (SSSR count). The second kappa shape index (κ2) is 7.35.